The number of carbonyl (C=O) groups is 1. The molecule has 1 saturated heterocycles. The summed E-state index contributed by atoms with van der Waals surface area (Å²) in [5.74, 6) is -0.0532. The van der Waals surface area contributed by atoms with Gasteiger partial charge in [-0.15, -0.1) is 0 Å². The second-order valence-corrected chi connectivity index (χ2v) is 7.42. The molecule has 2 heterocycles. The maximum atomic E-state index is 13.5. The summed E-state index contributed by atoms with van der Waals surface area (Å²) in [7, 11) is 0. The number of carbonyl (C=O) groups excluding carboxylic acids is 1. The van der Waals surface area contributed by atoms with Crippen LogP contribution in [0.15, 0.2) is 42.6 Å². The molecular formula is C21H19N5OS. The fourth-order valence-electron chi connectivity index (χ4n) is 3.82. The molecule has 2 aliphatic rings. The molecule has 2 N–H and O–H groups in total. The molecule has 1 aliphatic carbocycles. The number of thiocarbonyl (C=S) groups is 1. The van der Waals surface area contributed by atoms with Gasteiger partial charge in [-0.1, -0.05) is 17.7 Å². The SMILES string of the molecule is Cc1ccc(N2C(=S)N(c3ccc(C#N)nc3C=CN)C(=O)C23CCC3)cc1. The lowest BCUT2D eigenvalue weighted by molar-refractivity contribution is -0.123. The van der Waals surface area contributed by atoms with E-state index in [1.165, 1.54) is 11.1 Å². The number of pyridine rings is 1. The summed E-state index contributed by atoms with van der Waals surface area (Å²) >= 11 is 5.77. The molecule has 0 bridgehead atoms. The fraction of sp³-hybridized carbons (Fsp3) is 0.238. The van der Waals surface area contributed by atoms with Crippen LogP contribution in [0.5, 0.6) is 0 Å². The zero-order valence-electron chi connectivity index (χ0n) is 15.4. The number of rotatable bonds is 3. The number of aromatic nitrogens is 1. The molecule has 0 radical (unpaired) electrons. The zero-order chi connectivity index (χ0) is 19.9. The fourth-order valence-corrected chi connectivity index (χ4v) is 4.28. The summed E-state index contributed by atoms with van der Waals surface area (Å²) in [4.78, 5) is 21.3. The highest BCUT2D eigenvalue weighted by Gasteiger charge is 2.59. The van der Waals surface area contributed by atoms with Crippen LogP contribution in [0.4, 0.5) is 11.4 Å². The van der Waals surface area contributed by atoms with Crippen LogP contribution in [0, 0.1) is 18.3 Å². The average Bonchev–Trinajstić information content (AvgIpc) is 2.90. The van der Waals surface area contributed by atoms with E-state index in [4.69, 9.17) is 23.2 Å². The Morgan fingerprint density at radius 3 is 2.54 bits per heavy atom. The van der Waals surface area contributed by atoms with E-state index in [0.717, 1.165) is 30.5 Å². The molecule has 1 saturated carbocycles. The highest BCUT2D eigenvalue weighted by Crippen LogP contribution is 2.48. The van der Waals surface area contributed by atoms with Gasteiger partial charge >= 0.3 is 0 Å². The number of nitriles is 1. The Hall–Kier alpha value is -3.24. The number of aryl methyl sites for hydroxylation is 1. The van der Waals surface area contributed by atoms with Crippen molar-refractivity contribution in [1.29, 1.82) is 5.26 Å². The molecule has 1 aliphatic heterocycles. The average molecular weight is 389 g/mol. The topological polar surface area (TPSA) is 86.2 Å². The van der Waals surface area contributed by atoms with Crippen molar-refractivity contribution in [2.75, 3.05) is 9.80 Å². The van der Waals surface area contributed by atoms with Gasteiger partial charge in [-0.05, 0) is 74.9 Å². The minimum atomic E-state index is -0.649. The van der Waals surface area contributed by atoms with Gasteiger partial charge in [-0.2, -0.15) is 5.26 Å². The number of hydrogen-bond acceptors (Lipinski definition) is 5. The Balaban J connectivity index is 1.84. The molecule has 0 unspecified atom stereocenters. The number of nitrogens with two attached hydrogens (primary N) is 1. The van der Waals surface area contributed by atoms with E-state index in [1.807, 2.05) is 42.2 Å². The first-order valence-electron chi connectivity index (χ1n) is 9.07. The molecule has 1 aromatic heterocycles. The maximum absolute atomic E-state index is 13.5. The normalized spacial score (nSPS) is 18.0. The minimum Gasteiger partial charge on any atom is -0.405 e. The van der Waals surface area contributed by atoms with Gasteiger partial charge < -0.3 is 10.6 Å². The predicted octanol–water partition coefficient (Wildman–Crippen LogP) is 3.25. The lowest BCUT2D eigenvalue weighted by atomic mass is 9.75. The van der Waals surface area contributed by atoms with Crippen LogP contribution in [-0.4, -0.2) is 21.5 Å². The van der Waals surface area contributed by atoms with Crippen molar-refractivity contribution < 1.29 is 4.79 Å². The first-order chi connectivity index (χ1) is 13.5. The summed E-state index contributed by atoms with van der Waals surface area (Å²) in [5.41, 5.74) is 8.20. The Bertz CT molecular complexity index is 1030. The molecule has 2 fully saturated rings. The zero-order valence-corrected chi connectivity index (χ0v) is 16.2. The molecule has 1 aromatic carbocycles. The maximum Gasteiger partial charge on any atom is 0.259 e. The van der Waals surface area contributed by atoms with E-state index in [-0.39, 0.29) is 11.6 Å². The summed E-state index contributed by atoms with van der Waals surface area (Å²) in [5, 5.41) is 9.57. The van der Waals surface area contributed by atoms with Crippen LogP contribution in [0.2, 0.25) is 0 Å². The van der Waals surface area contributed by atoms with Crippen LogP contribution >= 0.6 is 12.2 Å². The number of hydrogen-bond donors (Lipinski definition) is 1. The molecule has 140 valence electrons. The van der Waals surface area contributed by atoms with Crippen LogP contribution in [0.1, 0.15) is 36.2 Å². The van der Waals surface area contributed by atoms with Crippen LogP contribution in [0.25, 0.3) is 6.08 Å². The second kappa shape index (κ2) is 6.73. The van der Waals surface area contributed by atoms with Crippen molar-refractivity contribution in [2.45, 2.75) is 31.7 Å². The van der Waals surface area contributed by atoms with Gasteiger partial charge in [0, 0.05) is 5.69 Å². The van der Waals surface area contributed by atoms with Crippen LogP contribution in [0.3, 0.4) is 0 Å². The van der Waals surface area contributed by atoms with Crippen molar-refractivity contribution in [1.82, 2.24) is 4.98 Å². The number of amides is 1. The third kappa shape index (κ3) is 2.57. The smallest absolute Gasteiger partial charge is 0.259 e. The quantitative estimate of drug-likeness (QED) is 0.811. The first-order valence-corrected chi connectivity index (χ1v) is 9.47. The standard InChI is InChI=1S/C21H19N5OS/c1-14-3-6-16(7-4-14)26-20(28)25(19(27)21(26)10-2-11-21)18-8-5-15(13-23)24-17(18)9-12-22/h3-9,12H,2,10-11,22H2,1H3. The molecule has 6 nitrogen and oxygen atoms in total. The number of anilines is 2. The van der Waals surface area contributed by atoms with Gasteiger partial charge in [0.15, 0.2) is 5.11 Å². The molecule has 7 heteroatoms. The minimum absolute atomic E-state index is 0.0532. The monoisotopic (exact) mass is 389 g/mol. The van der Waals surface area contributed by atoms with E-state index in [1.54, 1.807) is 18.2 Å². The summed E-state index contributed by atoms with van der Waals surface area (Å²) < 4.78 is 0. The predicted molar refractivity (Wildman–Crippen MR) is 112 cm³/mol. The molecule has 28 heavy (non-hydrogen) atoms. The van der Waals surface area contributed by atoms with Gasteiger partial charge in [0.05, 0.1) is 11.4 Å². The summed E-state index contributed by atoms with van der Waals surface area (Å²) in [6, 6.07) is 13.3. The molecule has 2 aromatic rings. The van der Waals surface area contributed by atoms with E-state index in [0.29, 0.717) is 16.5 Å². The van der Waals surface area contributed by atoms with E-state index in [9.17, 15) is 4.79 Å². The third-order valence-corrected chi connectivity index (χ3v) is 5.76. The molecule has 4 rings (SSSR count). The van der Waals surface area contributed by atoms with Gasteiger partial charge in [-0.3, -0.25) is 9.69 Å². The van der Waals surface area contributed by atoms with Gasteiger partial charge in [0.2, 0.25) is 0 Å². The molecule has 1 amide bonds. The Kier molecular flexibility index (Phi) is 4.36. The van der Waals surface area contributed by atoms with E-state index >= 15 is 0 Å². The largest absolute Gasteiger partial charge is 0.405 e. The third-order valence-electron chi connectivity index (χ3n) is 5.40. The molecule has 1 spiro atoms. The Morgan fingerprint density at radius 2 is 1.96 bits per heavy atom. The van der Waals surface area contributed by atoms with Crippen molar-refractivity contribution in [3.8, 4) is 6.07 Å². The van der Waals surface area contributed by atoms with Gasteiger partial charge in [0.25, 0.3) is 5.91 Å². The Labute approximate surface area is 168 Å². The van der Waals surface area contributed by atoms with E-state index < -0.39 is 5.54 Å². The summed E-state index contributed by atoms with van der Waals surface area (Å²) in [6.07, 6.45) is 5.40. The van der Waals surface area contributed by atoms with Crippen molar-refractivity contribution >= 4 is 40.7 Å². The first kappa shape index (κ1) is 18.1. The van der Waals surface area contributed by atoms with Crippen molar-refractivity contribution in [3.63, 3.8) is 0 Å². The summed E-state index contributed by atoms with van der Waals surface area (Å²) in [6.45, 7) is 2.02. The van der Waals surface area contributed by atoms with Crippen LogP contribution < -0.4 is 15.5 Å². The van der Waals surface area contributed by atoms with E-state index in [2.05, 4.69) is 4.98 Å². The van der Waals surface area contributed by atoms with Gasteiger partial charge in [-0.25, -0.2) is 4.98 Å². The highest BCUT2D eigenvalue weighted by molar-refractivity contribution is 7.81. The molecule has 0 atom stereocenters. The second-order valence-electron chi connectivity index (χ2n) is 7.05. The van der Waals surface area contributed by atoms with Crippen molar-refractivity contribution in [2.24, 2.45) is 5.73 Å². The van der Waals surface area contributed by atoms with Crippen LogP contribution in [-0.2, 0) is 4.79 Å². The van der Waals surface area contributed by atoms with Crippen molar-refractivity contribution in [3.05, 3.63) is 59.5 Å². The number of nitrogens with zero attached hydrogens (tertiary/aromatic N) is 4. The van der Waals surface area contributed by atoms with Gasteiger partial charge in [0.1, 0.15) is 17.3 Å². The Morgan fingerprint density at radius 1 is 1.25 bits per heavy atom. The highest BCUT2D eigenvalue weighted by atomic mass is 32.1. The lowest BCUT2D eigenvalue weighted by Gasteiger charge is -2.43. The lowest BCUT2D eigenvalue weighted by Crippen LogP contribution is -2.55. The number of benzene rings is 1. The molecular weight excluding hydrogens is 370 g/mol.